The number of rotatable bonds is 6. The Hall–Kier alpha value is -1.20. The Morgan fingerprint density at radius 2 is 2.22 bits per heavy atom. The average Bonchev–Trinajstić information content (AvgIpc) is 2.36. The minimum absolute atomic E-state index is 0.125. The van der Waals surface area contributed by atoms with Crippen molar-refractivity contribution >= 4 is 29.0 Å². The lowest BCUT2D eigenvalue weighted by Crippen LogP contribution is -2.36. The summed E-state index contributed by atoms with van der Waals surface area (Å²) in [7, 11) is 3.93. The first-order valence-corrected chi connectivity index (χ1v) is 7.26. The second-order valence-electron chi connectivity index (χ2n) is 4.32. The highest BCUT2D eigenvalue weighted by atomic mass is 32.2. The number of nitrogens with two attached hydrogens (primary N) is 1. The van der Waals surface area contributed by atoms with Gasteiger partial charge in [-0.05, 0) is 36.6 Å². The molecule has 1 rings (SSSR count). The molecule has 4 nitrogen and oxygen atoms in total. The summed E-state index contributed by atoms with van der Waals surface area (Å²) in [5.41, 5.74) is 7.64. The molecule has 100 valence electrons. The number of thioether (sulfide) groups is 1. The third-order valence-electron chi connectivity index (χ3n) is 2.60. The van der Waals surface area contributed by atoms with Crippen LogP contribution in [0.5, 0.6) is 0 Å². The molecular weight excluding hydrogens is 246 g/mol. The van der Waals surface area contributed by atoms with E-state index in [4.69, 9.17) is 5.73 Å². The van der Waals surface area contributed by atoms with Gasteiger partial charge in [0.15, 0.2) is 0 Å². The summed E-state index contributed by atoms with van der Waals surface area (Å²) in [6.45, 7) is 0. The molecule has 3 N–H and O–H groups in total. The lowest BCUT2D eigenvalue weighted by atomic mass is 10.2. The van der Waals surface area contributed by atoms with Crippen LogP contribution in [-0.2, 0) is 4.79 Å². The van der Waals surface area contributed by atoms with E-state index in [0.717, 1.165) is 17.1 Å². The summed E-state index contributed by atoms with van der Waals surface area (Å²) >= 11 is 1.69. The van der Waals surface area contributed by atoms with Crippen molar-refractivity contribution in [3.63, 3.8) is 0 Å². The first-order chi connectivity index (χ1) is 8.54. The molecule has 5 heteroatoms. The number of nitrogens with one attached hydrogen (secondary N) is 1. The molecule has 1 amide bonds. The van der Waals surface area contributed by atoms with Crippen LogP contribution in [0.3, 0.4) is 0 Å². The Labute approximate surface area is 113 Å². The summed E-state index contributed by atoms with van der Waals surface area (Å²) in [6.07, 6.45) is 2.70. The Morgan fingerprint density at radius 3 is 2.83 bits per heavy atom. The maximum Gasteiger partial charge on any atom is 0.241 e. The predicted octanol–water partition coefficient (Wildman–Crippen LogP) is 1.77. The lowest BCUT2D eigenvalue weighted by Gasteiger charge is -2.15. The molecule has 0 bridgehead atoms. The smallest absolute Gasteiger partial charge is 0.241 e. The molecule has 1 atom stereocenters. The van der Waals surface area contributed by atoms with Crippen LogP contribution in [0.2, 0.25) is 0 Å². The number of benzene rings is 1. The number of carbonyl (C=O) groups excluding carboxylic acids is 1. The van der Waals surface area contributed by atoms with E-state index in [1.165, 1.54) is 0 Å². The van der Waals surface area contributed by atoms with E-state index in [1.54, 1.807) is 11.8 Å². The third-order valence-corrected chi connectivity index (χ3v) is 3.24. The van der Waals surface area contributed by atoms with E-state index in [9.17, 15) is 4.79 Å². The van der Waals surface area contributed by atoms with Gasteiger partial charge in [0.05, 0.1) is 6.04 Å². The molecule has 0 heterocycles. The van der Waals surface area contributed by atoms with Gasteiger partial charge in [0.25, 0.3) is 0 Å². The van der Waals surface area contributed by atoms with Crippen LogP contribution in [0.1, 0.15) is 6.42 Å². The van der Waals surface area contributed by atoms with Gasteiger partial charge in [-0.2, -0.15) is 11.8 Å². The molecule has 0 aliphatic rings. The zero-order valence-corrected chi connectivity index (χ0v) is 12.0. The minimum atomic E-state index is -0.444. The molecule has 0 aromatic heterocycles. The van der Waals surface area contributed by atoms with Crippen molar-refractivity contribution in [1.29, 1.82) is 0 Å². The first-order valence-electron chi connectivity index (χ1n) is 5.87. The molecule has 1 aromatic rings. The van der Waals surface area contributed by atoms with Crippen LogP contribution in [0.15, 0.2) is 24.3 Å². The number of hydrogen-bond donors (Lipinski definition) is 2. The van der Waals surface area contributed by atoms with E-state index in [-0.39, 0.29) is 5.91 Å². The van der Waals surface area contributed by atoms with Crippen molar-refractivity contribution in [3.05, 3.63) is 24.3 Å². The molecule has 0 aliphatic carbocycles. The van der Waals surface area contributed by atoms with Crippen LogP contribution >= 0.6 is 11.8 Å². The van der Waals surface area contributed by atoms with Crippen LogP contribution < -0.4 is 16.0 Å². The van der Waals surface area contributed by atoms with Gasteiger partial charge in [-0.3, -0.25) is 4.79 Å². The quantitative estimate of drug-likeness (QED) is 0.825. The Balaban J connectivity index is 2.61. The van der Waals surface area contributed by atoms with Gasteiger partial charge in [-0.25, -0.2) is 0 Å². The average molecular weight is 267 g/mol. The summed E-state index contributed by atoms with van der Waals surface area (Å²) in [5, 5.41) is 2.85. The fraction of sp³-hybridized carbons (Fsp3) is 0.462. The van der Waals surface area contributed by atoms with E-state index in [0.29, 0.717) is 6.42 Å². The number of anilines is 2. The fourth-order valence-electron chi connectivity index (χ4n) is 1.47. The van der Waals surface area contributed by atoms with E-state index in [1.807, 2.05) is 49.5 Å². The summed E-state index contributed by atoms with van der Waals surface area (Å²) in [5.74, 6) is 0.770. The molecule has 0 aliphatic heterocycles. The Bertz CT molecular complexity index is 396. The zero-order chi connectivity index (χ0) is 13.5. The number of carbonyl (C=O) groups is 1. The van der Waals surface area contributed by atoms with E-state index in [2.05, 4.69) is 5.32 Å². The van der Waals surface area contributed by atoms with Gasteiger partial charge in [0.1, 0.15) is 0 Å². The molecule has 0 spiro atoms. The van der Waals surface area contributed by atoms with E-state index >= 15 is 0 Å². The zero-order valence-electron chi connectivity index (χ0n) is 11.1. The molecule has 0 radical (unpaired) electrons. The fourth-order valence-corrected chi connectivity index (χ4v) is 1.96. The highest BCUT2D eigenvalue weighted by molar-refractivity contribution is 7.98. The van der Waals surface area contributed by atoms with Crippen molar-refractivity contribution in [3.8, 4) is 0 Å². The second kappa shape index (κ2) is 7.28. The maximum atomic E-state index is 11.8. The molecule has 0 fully saturated rings. The third kappa shape index (κ3) is 4.58. The standard InChI is InChI=1S/C13H21N3OS/c1-16(2)11-6-4-5-10(9-11)15-13(17)12(14)7-8-18-3/h4-6,9,12H,7-8,14H2,1-3H3,(H,15,17)/t12-/m0/s1. The van der Waals surface area contributed by atoms with Crippen molar-refractivity contribution < 1.29 is 4.79 Å². The first kappa shape index (κ1) is 14.9. The largest absolute Gasteiger partial charge is 0.378 e. The Morgan fingerprint density at radius 1 is 1.50 bits per heavy atom. The van der Waals surface area contributed by atoms with Gasteiger partial charge in [0, 0.05) is 25.5 Å². The number of hydrogen-bond acceptors (Lipinski definition) is 4. The molecule has 0 saturated carbocycles. The highest BCUT2D eigenvalue weighted by Crippen LogP contribution is 2.17. The second-order valence-corrected chi connectivity index (χ2v) is 5.31. The summed E-state index contributed by atoms with van der Waals surface area (Å²) < 4.78 is 0. The van der Waals surface area contributed by atoms with Crippen LogP contribution in [0.25, 0.3) is 0 Å². The lowest BCUT2D eigenvalue weighted by molar-refractivity contribution is -0.117. The van der Waals surface area contributed by atoms with Crippen LogP contribution in [0, 0.1) is 0 Å². The number of nitrogens with zero attached hydrogens (tertiary/aromatic N) is 1. The Kier molecular flexibility index (Phi) is 6.01. The van der Waals surface area contributed by atoms with Gasteiger partial charge in [0.2, 0.25) is 5.91 Å². The molecule has 18 heavy (non-hydrogen) atoms. The topological polar surface area (TPSA) is 58.4 Å². The van der Waals surface area contributed by atoms with Gasteiger partial charge < -0.3 is 16.0 Å². The monoisotopic (exact) mass is 267 g/mol. The van der Waals surface area contributed by atoms with Gasteiger partial charge >= 0.3 is 0 Å². The number of amides is 1. The SMILES string of the molecule is CSCC[C@H](N)C(=O)Nc1cccc(N(C)C)c1. The minimum Gasteiger partial charge on any atom is -0.378 e. The maximum absolute atomic E-state index is 11.8. The predicted molar refractivity (Wildman–Crippen MR) is 80.4 cm³/mol. The van der Waals surface area contributed by atoms with Crippen LogP contribution in [0.4, 0.5) is 11.4 Å². The summed E-state index contributed by atoms with van der Waals surface area (Å²) in [6, 6.07) is 7.26. The van der Waals surface area contributed by atoms with Crippen molar-refractivity contribution in [1.82, 2.24) is 0 Å². The molecule has 1 aromatic carbocycles. The van der Waals surface area contributed by atoms with Gasteiger partial charge in [-0.1, -0.05) is 6.07 Å². The van der Waals surface area contributed by atoms with Crippen molar-refractivity contribution in [2.45, 2.75) is 12.5 Å². The van der Waals surface area contributed by atoms with Crippen molar-refractivity contribution in [2.24, 2.45) is 5.73 Å². The highest BCUT2D eigenvalue weighted by Gasteiger charge is 2.13. The van der Waals surface area contributed by atoms with E-state index < -0.39 is 6.04 Å². The summed E-state index contributed by atoms with van der Waals surface area (Å²) in [4.78, 5) is 13.8. The molecule has 0 unspecified atom stereocenters. The molecule has 0 saturated heterocycles. The van der Waals surface area contributed by atoms with Crippen LogP contribution in [-0.4, -0.2) is 38.1 Å². The van der Waals surface area contributed by atoms with Gasteiger partial charge in [-0.15, -0.1) is 0 Å². The van der Waals surface area contributed by atoms with Crippen molar-refractivity contribution in [2.75, 3.05) is 36.3 Å². The normalized spacial score (nSPS) is 12.0. The molecular formula is C13H21N3OS.